The second-order valence-corrected chi connectivity index (χ2v) is 13.7. The van der Waals surface area contributed by atoms with Crippen LogP contribution in [0.25, 0.3) is 0 Å². The topological polar surface area (TPSA) is 96.0 Å². The van der Waals surface area contributed by atoms with Crippen molar-refractivity contribution >= 4 is 43.5 Å². The SMILES string of the molecule is CCC(C)NC(=O)C(Cc1ccccc1)N(Cc1cccc(Br)c1)C(=O)CN(c1ccc(Oc2ccccc2)cc1)S(C)(=O)=O. The van der Waals surface area contributed by atoms with Gasteiger partial charge in [0.25, 0.3) is 0 Å². The minimum atomic E-state index is -3.89. The Balaban J connectivity index is 1.68. The van der Waals surface area contributed by atoms with Gasteiger partial charge >= 0.3 is 0 Å². The summed E-state index contributed by atoms with van der Waals surface area (Å²) in [6.45, 7) is 3.50. The molecule has 4 aromatic rings. The molecule has 8 nitrogen and oxygen atoms in total. The third kappa shape index (κ3) is 9.92. The van der Waals surface area contributed by atoms with Crippen LogP contribution in [0.3, 0.4) is 0 Å². The summed E-state index contributed by atoms with van der Waals surface area (Å²) in [4.78, 5) is 29.5. The molecule has 2 amide bonds. The first-order valence-corrected chi connectivity index (χ1v) is 17.4. The van der Waals surface area contributed by atoms with Crippen LogP contribution >= 0.6 is 15.9 Å². The number of carbonyl (C=O) groups excluding carboxylic acids is 2. The summed E-state index contributed by atoms with van der Waals surface area (Å²) in [5.74, 6) is 0.351. The number of sulfonamides is 1. The largest absolute Gasteiger partial charge is 0.457 e. The number of halogens is 1. The molecule has 0 aromatic heterocycles. The van der Waals surface area contributed by atoms with Gasteiger partial charge in [0.05, 0.1) is 11.9 Å². The summed E-state index contributed by atoms with van der Waals surface area (Å²) in [7, 11) is -3.89. The zero-order valence-corrected chi connectivity index (χ0v) is 28.0. The van der Waals surface area contributed by atoms with Crippen molar-refractivity contribution in [3.05, 3.63) is 125 Å². The highest BCUT2D eigenvalue weighted by atomic mass is 79.9. The minimum absolute atomic E-state index is 0.102. The zero-order chi connectivity index (χ0) is 32.4. The van der Waals surface area contributed by atoms with Crippen LogP contribution < -0.4 is 14.4 Å². The molecule has 0 saturated heterocycles. The smallest absolute Gasteiger partial charge is 0.244 e. The Morgan fingerprint density at radius 2 is 1.44 bits per heavy atom. The fourth-order valence-electron chi connectivity index (χ4n) is 4.75. The van der Waals surface area contributed by atoms with Crippen molar-refractivity contribution in [2.45, 2.75) is 45.3 Å². The van der Waals surface area contributed by atoms with Crippen LogP contribution in [-0.2, 0) is 32.6 Å². The second-order valence-electron chi connectivity index (χ2n) is 10.9. The standard InChI is InChI=1S/C35H38BrN3O5S/c1-4-26(2)37-35(41)33(23-27-12-7-5-8-13-27)38(24-28-14-11-15-29(36)22-28)34(40)25-39(45(3,42)43)30-18-20-32(21-19-30)44-31-16-9-6-10-17-31/h5-22,26,33H,4,23-25H2,1-3H3,(H,37,41). The lowest BCUT2D eigenvalue weighted by Gasteiger charge is -2.34. The summed E-state index contributed by atoms with van der Waals surface area (Å²) in [5, 5.41) is 3.04. The molecular weight excluding hydrogens is 654 g/mol. The molecular formula is C35H38BrN3O5S. The molecule has 2 unspecified atom stereocenters. The van der Waals surface area contributed by atoms with Gasteiger partial charge in [-0.05, 0) is 73.0 Å². The van der Waals surface area contributed by atoms with Crippen LogP contribution in [0.1, 0.15) is 31.4 Å². The van der Waals surface area contributed by atoms with E-state index in [4.69, 9.17) is 4.74 Å². The Labute approximate surface area is 274 Å². The molecule has 4 rings (SSSR count). The molecule has 0 saturated carbocycles. The van der Waals surface area contributed by atoms with Gasteiger partial charge in [-0.25, -0.2) is 8.42 Å². The molecule has 2 atom stereocenters. The van der Waals surface area contributed by atoms with Crippen LogP contribution in [0, 0.1) is 0 Å². The number of nitrogens with one attached hydrogen (secondary N) is 1. The number of nitrogens with zero attached hydrogens (tertiary/aromatic N) is 2. The van der Waals surface area contributed by atoms with Gasteiger partial charge in [0.2, 0.25) is 21.8 Å². The lowest BCUT2D eigenvalue weighted by molar-refractivity contribution is -0.140. The van der Waals surface area contributed by atoms with E-state index in [9.17, 15) is 18.0 Å². The highest BCUT2D eigenvalue weighted by Gasteiger charge is 2.33. The van der Waals surface area contributed by atoms with E-state index in [1.807, 2.05) is 98.8 Å². The van der Waals surface area contributed by atoms with Crippen molar-refractivity contribution in [1.82, 2.24) is 10.2 Å². The molecule has 4 aromatic carbocycles. The Kier molecular flexibility index (Phi) is 11.8. The summed E-state index contributed by atoms with van der Waals surface area (Å²) in [5.41, 5.74) is 1.97. The first kappa shape index (κ1) is 33.7. The average molecular weight is 693 g/mol. The lowest BCUT2D eigenvalue weighted by atomic mass is 10.0. The third-order valence-corrected chi connectivity index (χ3v) is 8.93. The molecule has 45 heavy (non-hydrogen) atoms. The quantitative estimate of drug-likeness (QED) is 0.162. The third-order valence-electron chi connectivity index (χ3n) is 7.30. The van der Waals surface area contributed by atoms with Gasteiger partial charge in [-0.2, -0.15) is 0 Å². The van der Waals surface area contributed by atoms with E-state index >= 15 is 0 Å². The van der Waals surface area contributed by atoms with Crippen molar-refractivity contribution < 1.29 is 22.7 Å². The van der Waals surface area contributed by atoms with Gasteiger partial charge in [0.15, 0.2) is 0 Å². The normalized spacial score (nSPS) is 12.5. The van der Waals surface area contributed by atoms with E-state index < -0.39 is 28.5 Å². The Bertz CT molecular complexity index is 1670. The Hall–Kier alpha value is -4.15. The van der Waals surface area contributed by atoms with E-state index in [0.717, 1.165) is 32.6 Å². The van der Waals surface area contributed by atoms with E-state index in [2.05, 4.69) is 21.2 Å². The number of amides is 2. The number of rotatable bonds is 14. The van der Waals surface area contributed by atoms with Crippen LogP contribution in [0.5, 0.6) is 11.5 Å². The van der Waals surface area contributed by atoms with Crippen LogP contribution in [0.4, 0.5) is 5.69 Å². The first-order valence-electron chi connectivity index (χ1n) is 14.7. The molecule has 0 heterocycles. The molecule has 0 spiro atoms. The second kappa shape index (κ2) is 15.7. The van der Waals surface area contributed by atoms with Gasteiger partial charge in [-0.3, -0.25) is 13.9 Å². The predicted octanol–water partition coefficient (Wildman–Crippen LogP) is 6.56. The average Bonchev–Trinajstić information content (AvgIpc) is 3.02. The summed E-state index contributed by atoms with van der Waals surface area (Å²) in [6, 6.07) is 31.7. The molecule has 1 N–H and O–H groups in total. The molecule has 0 bridgehead atoms. The molecule has 0 radical (unpaired) electrons. The molecule has 0 aliphatic heterocycles. The van der Waals surface area contributed by atoms with Crippen molar-refractivity contribution in [2.75, 3.05) is 17.1 Å². The molecule has 0 aliphatic rings. The molecule has 236 valence electrons. The van der Waals surface area contributed by atoms with E-state index in [1.54, 1.807) is 24.3 Å². The highest BCUT2D eigenvalue weighted by molar-refractivity contribution is 9.10. The number of para-hydroxylation sites is 1. The van der Waals surface area contributed by atoms with Gasteiger partial charge in [-0.1, -0.05) is 83.5 Å². The fourth-order valence-corrected chi connectivity index (χ4v) is 6.04. The van der Waals surface area contributed by atoms with Gasteiger partial charge in [-0.15, -0.1) is 0 Å². The van der Waals surface area contributed by atoms with Crippen LogP contribution in [0.2, 0.25) is 0 Å². The molecule has 10 heteroatoms. The number of hydrogen-bond acceptors (Lipinski definition) is 5. The summed E-state index contributed by atoms with van der Waals surface area (Å²) < 4.78 is 33.9. The highest BCUT2D eigenvalue weighted by Crippen LogP contribution is 2.26. The number of hydrogen-bond donors (Lipinski definition) is 1. The van der Waals surface area contributed by atoms with Crippen LogP contribution in [0.15, 0.2) is 114 Å². The van der Waals surface area contributed by atoms with Crippen molar-refractivity contribution in [2.24, 2.45) is 0 Å². The first-order chi connectivity index (χ1) is 21.5. The zero-order valence-electron chi connectivity index (χ0n) is 25.6. The number of anilines is 1. The minimum Gasteiger partial charge on any atom is -0.457 e. The van der Waals surface area contributed by atoms with Gasteiger partial charge in [0, 0.05) is 23.5 Å². The van der Waals surface area contributed by atoms with E-state index in [1.165, 1.54) is 4.90 Å². The van der Waals surface area contributed by atoms with Crippen molar-refractivity contribution in [3.63, 3.8) is 0 Å². The molecule has 0 aliphatic carbocycles. The summed E-state index contributed by atoms with van der Waals surface area (Å²) >= 11 is 3.49. The fraction of sp³-hybridized carbons (Fsp3) is 0.257. The van der Waals surface area contributed by atoms with Gasteiger partial charge in [0.1, 0.15) is 24.1 Å². The van der Waals surface area contributed by atoms with Gasteiger partial charge < -0.3 is 15.0 Å². The van der Waals surface area contributed by atoms with Crippen molar-refractivity contribution in [1.29, 1.82) is 0 Å². The van der Waals surface area contributed by atoms with E-state index in [0.29, 0.717) is 17.2 Å². The predicted molar refractivity (Wildman–Crippen MR) is 182 cm³/mol. The van der Waals surface area contributed by atoms with Crippen molar-refractivity contribution in [3.8, 4) is 11.5 Å². The monoisotopic (exact) mass is 691 g/mol. The number of ether oxygens (including phenoxy) is 1. The van der Waals surface area contributed by atoms with Crippen LogP contribution in [-0.4, -0.2) is 50.0 Å². The molecule has 0 fully saturated rings. The summed E-state index contributed by atoms with van der Waals surface area (Å²) in [6.07, 6.45) is 2.03. The number of carbonyl (C=O) groups is 2. The number of benzene rings is 4. The Morgan fingerprint density at radius 3 is 2.04 bits per heavy atom. The Morgan fingerprint density at radius 1 is 0.844 bits per heavy atom. The maximum atomic E-state index is 14.3. The lowest BCUT2D eigenvalue weighted by Crippen LogP contribution is -2.54. The maximum Gasteiger partial charge on any atom is 0.244 e. The van der Waals surface area contributed by atoms with E-state index in [-0.39, 0.29) is 24.9 Å². The maximum absolute atomic E-state index is 14.3.